The van der Waals surface area contributed by atoms with Crippen LogP contribution in [0.4, 0.5) is 4.79 Å². The first-order valence-corrected chi connectivity index (χ1v) is 5.00. The lowest BCUT2D eigenvalue weighted by atomic mass is 10.2. The van der Waals surface area contributed by atoms with Crippen molar-refractivity contribution in [2.24, 2.45) is 0 Å². The Morgan fingerprint density at radius 3 is 2.69 bits per heavy atom. The molecule has 0 aliphatic rings. The number of urea groups is 1. The zero-order chi connectivity index (χ0) is 9.94. The summed E-state index contributed by atoms with van der Waals surface area (Å²) in [6, 6.07) is -0.110. The second-order valence-electron chi connectivity index (χ2n) is 2.92. The van der Waals surface area contributed by atoms with Gasteiger partial charge in [-0.15, -0.1) is 0 Å². The average molecular weight is 184 g/mol. The summed E-state index contributed by atoms with van der Waals surface area (Å²) in [7, 11) is 0. The highest BCUT2D eigenvalue weighted by Crippen LogP contribution is 1.90. The highest BCUT2D eigenvalue weighted by molar-refractivity contribution is 5.74. The van der Waals surface area contributed by atoms with E-state index in [1.165, 1.54) is 12.8 Å². The first kappa shape index (κ1) is 12.0. The molecular formula is C10H20N2O. The molecule has 0 fully saturated rings. The van der Waals surface area contributed by atoms with Crippen LogP contribution in [0.1, 0.15) is 39.5 Å². The molecule has 0 spiro atoms. The van der Waals surface area contributed by atoms with Crippen molar-refractivity contribution < 1.29 is 4.79 Å². The van der Waals surface area contributed by atoms with Crippen molar-refractivity contribution in [3.05, 3.63) is 12.3 Å². The maximum absolute atomic E-state index is 11.0. The fraction of sp³-hybridized carbons (Fsp3) is 0.700. The third kappa shape index (κ3) is 8.92. The average Bonchev–Trinajstić information content (AvgIpc) is 2.13. The molecule has 0 saturated carbocycles. The van der Waals surface area contributed by atoms with Crippen molar-refractivity contribution in [3.8, 4) is 0 Å². The van der Waals surface area contributed by atoms with E-state index in [0.29, 0.717) is 0 Å². The Morgan fingerprint density at radius 1 is 1.31 bits per heavy atom. The maximum Gasteiger partial charge on any atom is 0.318 e. The first-order chi connectivity index (χ1) is 6.31. The van der Waals surface area contributed by atoms with Gasteiger partial charge in [-0.2, -0.15) is 0 Å². The number of hydrogen-bond donors (Lipinski definition) is 2. The summed E-state index contributed by atoms with van der Waals surface area (Å²) < 4.78 is 0. The Morgan fingerprint density at radius 2 is 2.08 bits per heavy atom. The van der Waals surface area contributed by atoms with Crippen molar-refractivity contribution in [2.75, 3.05) is 6.54 Å². The molecule has 0 aromatic carbocycles. The van der Waals surface area contributed by atoms with Crippen LogP contribution in [0.3, 0.4) is 0 Å². The van der Waals surface area contributed by atoms with Gasteiger partial charge in [-0.3, -0.25) is 0 Å². The molecule has 2 N–H and O–H groups in total. The van der Waals surface area contributed by atoms with Gasteiger partial charge in [0.25, 0.3) is 0 Å². The number of carbonyl (C=O) groups excluding carboxylic acids is 1. The number of amides is 2. The van der Waals surface area contributed by atoms with Crippen molar-refractivity contribution in [2.45, 2.75) is 39.5 Å². The summed E-state index contributed by atoms with van der Waals surface area (Å²) in [5.41, 5.74) is 0. The minimum absolute atomic E-state index is 0.110. The van der Waals surface area contributed by atoms with Gasteiger partial charge in [-0.1, -0.05) is 32.8 Å². The molecule has 3 heteroatoms. The van der Waals surface area contributed by atoms with Crippen LogP contribution in [-0.4, -0.2) is 12.6 Å². The summed E-state index contributed by atoms with van der Waals surface area (Å²) in [5, 5.41) is 5.40. The molecule has 0 aliphatic heterocycles. The largest absolute Gasteiger partial charge is 0.338 e. The lowest BCUT2D eigenvalue weighted by molar-refractivity contribution is 0.244. The maximum atomic E-state index is 11.0. The third-order valence-corrected chi connectivity index (χ3v) is 1.63. The molecule has 13 heavy (non-hydrogen) atoms. The fourth-order valence-electron chi connectivity index (χ4n) is 0.880. The predicted octanol–water partition coefficient (Wildman–Crippen LogP) is 2.40. The number of carbonyl (C=O) groups is 1. The van der Waals surface area contributed by atoms with Gasteiger partial charge in [0.2, 0.25) is 0 Å². The molecule has 3 nitrogen and oxygen atoms in total. The highest BCUT2D eigenvalue weighted by atomic mass is 16.2. The second kappa shape index (κ2) is 9.10. The highest BCUT2D eigenvalue weighted by Gasteiger charge is 1.93. The van der Waals surface area contributed by atoms with Gasteiger partial charge < -0.3 is 10.6 Å². The zero-order valence-corrected chi connectivity index (χ0v) is 8.60. The number of unbranched alkanes of at least 4 members (excludes halogenated alkanes) is 2. The van der Waals surface area contributed by atoms with E-state index in [4.69, 9.17) is 0 Å². The molecular weight excluding hydrogens is 164 g/mol. The van der Waals surface area contributed by atoms with E-state index in [2.05, 4.69) is 17.6 Å². The van der Waals surface area contributed by atoms with Gasteiger partial charge in [-0.25, -0.2) is 4.79 Å². The van der Waals surface area contributed by atoms with E-state index in [-0.39, 0.29) is 6.03 Å². The lowest BCUT2D eigenvalue weighted by Crippen LogP contribution is -2.32. The summed E-state index contributed by atoms with van der Waals surface area (Å²) >= 11 is 0. The number of hydrogen-bond acceptors (Lipinski definition) is 1. The van der Waals surface area contributed by atoms with Crippen molar-refractivity contribution in [3.63, 3.8) is 0 Å². The predicted molar refractivity (Wildman–Crippen MR) is 55.5 cm³/mol. The molecule has 0 atom stereocenters. The lowest BCUT2D eigenvalue weighted by Gasteiger charge is -2.02. The van der Waals surface area contributed by atoms with E-state index in [0.717, 1.165) is 19.4 Å². The Balaban J connectivity index is 3.25. The monoisotopic (exact) mass is 184 g/mol. The molecule has 0 bridgehead atoms. The minimum atomic E-state index is -0.110. The quantitative estimate of drug-likeness (QED) is 0.611. The zero-order valence-electron chi connectivity index (χ0n) is 8.60. The molecule has 76 valence electrons. The normalized spacial score (nSPS) is 10.3. The second-order valence-corrected chi connectivity index (χ2v) is 2.92. The molecule has 0 aromatic heterocycles. The molecule has 0 unspecified atom stereocenters. The van der Waals surface area contributed by atoms with Gasteiger partial charge in [0.1, 0.15) is 0 Å². The number of nitrogens with one attached hydrogen (secondary N) is 2. The molecule has 0 aliphatic carbocycles. The molecule has 0 radical (unpaired) electrons. The van der Waals surface area contributed by atoms with Crippen LogP contribution in [-0.2, 0) is 0 Å². The Kier molecular flexibility index (Phi) is 8.41. The van der Waals surface area contributed by atoms with Crippen molar-refractivity contribution >= 4 is 6.03 Å². The van der Waals surface area contributed by atoms with E-state index < -0.39 is 0 Å². The third-order valence-electron chi connectivity index (χ3n) is 1.63. The number of allylic oxidation sites excluding steroid dienone is 1. The van der Waals surface area contributed by atoms with Crippen molar-refractivity contribution in [1.29, 1.82) is 0 Å². The Labute approximate surface area is 80.6 Å². The SMILES string of the molecule is CC/C=C/NC(=O)NCCCCC. The van der Waals surface area contributed by atoms with Gasteiger partial charge in [0, 0.05) is 12.7 Å². The van der Waals surface area contributed by atoms with Crippen molar-refractivity contribution in [1.82, 2.24) is 10.6 Å². The molecule has 0 heterocycles. The smallest absolute Gasteiger partial charge is 0.318 e. The van der Waals surface area contributed by atoms with Crippen LogP contribution in [0.5, 0.6) is 0 Å². The van der Waals surface area contributed by atoms with Crippen LogP contribution in [0.25, 0.3) is 0 Å². The van der Waals surface area contributed by atoms with Gasteiger partial charge >= 0.3 is 6.03 Å². The summed E-state index contributed by atoms with van der Waals surface area (Å²) in [5.74, 6) is 0. The van der Waals surface area contributed by atoms with Crippen LogP contribution in [0.15, 0.2) is 12.3 Å². The summed E-state index contributed by atoms with van der Waals surface area (Å²) in [6.07, 6.45) is 7.93. The Hall–Kier alpha value is -0.990. The molecule has 0 aromatic rings. The van der Waals surface area contributed by atoms with Gasteiger partial charge in [0.15, 0.2) is 0 Å². The van der Waals surface area contributed by atoms with Crippen LogP contribution in [0, 0.1) is 0 Å². The van der Waals surface area contributed by atoms with Crippen LogP contribution >= 0.6 is 0 Å². The topological polar surface area (TPSA) is 41.1 Å². The molecule has 2 amide bonds. The van der Waals surface area contributed by atoms with E-state index in [1.807, 2.05) is 13.0 Å². The van der Waals surface area contributed by atoms with Crippen LogP contribution < -0.4 is 10.6 Å². The summed E-state index contributed by atoms with van der Waals surface area (Å²) in [4.78, 5) is 11.0. The standard InChI is InChI=1S/C10H20N2O/c1-3-5-7-9-12-10(13)11-8-6-4-2/h6,8H,3-5,7,9H2,1-2H3,(H2,11,12,13)/b8-6+. The molecule has 0 saturated heterocycles. The number of rotatable bonds is 6. The minimum Gasteiger partial charge on any atom is -0.338 e. The van der Waals surface area contributed by atoms with E-state index >= 15 is 0 Å². The van der Waals surface area contributed by atoms with Crippen LogP contribution in [0.2, 0.25) is 0 Å². The van der Waals surface area contributed by atoms with E-state index in [1.54, 1.807) is 6.20 Å². The first-order valence-electron chi connectivity index (χ1n) is 5.00. The van der Waals surface area contributed by atoms with E-state index in [9.17, 15) is 4.79 Å². The van der Waals surface area contributed by atoms with Gasteiger partial charge in [0.05, 0.1) is 0 Å². The Bertz CT molecular complexity index is 155. The van der Waals surface area contributed by atoms with Gasteiger partial charge in [-0.05, 0) is 12.8 Å². The fourth-order valence-corrected chi connectivity index (χ4v) is 0.880. The molecule has 0 rings (SSSR count). The summed E-state index contributed by atoms with van der Waals surface area (Å²) in [6.45, 7) is 4.93.